The summed E-state index contributed by atoms with van der Waals surface area (Å²) in [6, 6.07) is 18.6. The zero-order valence-electron chi connectivity index (χ0n) is 17.5. The molecule has 4 aromatic rings. The summed E-state index contributed by atoms with van der Waals surface area (Å²) < 4.78 is 6.10. The molecule has 3 N–H and O–H groups in total. The van der Waals surface area contributed by atoms with Crippen molar-refractivity contribution in [1.82, 2.24) is 20.6 Å². The lowest BCUT2D eigenvalue weighted by Crippen LogP contribution is -2.35. The number of aromatic nitrogens is 2. The van der Waals surface area contributed by atoms with Crippen molar-refractivity contribution in [1.29, 1.82) is 0 Å². The van der Waals surface area contributed by atoms with Crippen LogP contribution in [0.3, 0.4) is 0 Å². The van der Waals surface area contributed by atoms with Crippen LogP contribution in [0.4, 0.5) is 0 Å². The fraction of sp³-hybridized carbons (Fsp3) is 0.0800. The third kappa shape index (κ3) is 6.30. The monoisotopic (exact) mass is 504 g/mol. The fourth-order valence-corrected chi connectivity index (χ4v) is 3.38. The molecule has 0 aliphatic heterocycles. The number of para-hydroxylation sites is 2. The highest BCUT2D eigenvalue weighted by Crippen LogP contribution is 2.13. The number of rotatable bonds is 8. The van der Waals surface area contributed by atoms with Crippen molar-refractivity contribution in [3.8, 4) is 0 Å². The van der Waals surface area contributed by atoms with Crippen molar-refractivity contribution in [3.63, 3.8) is 0 Å². The van der Waals surface area contributed by atoms with E-state index in [-0.39, 0.29) is 5.70 Å². The van der Waals surface area contributed by atoms with Gasteiger partial charge in [0, 0.05) is 23.5 Å². The lowest BCUT2D eigenvalue weighted by atomic mass is 10.2. The number of aromatic amines is 1. The number of H-pyrrole nitrogens is 1. The van der Waals surface area contributed by atoms with Crippen LogP contribution >= 0.6 is 15.9 Å². The van der Waals surface area contributed by atoms with Crippen LogP contribution in [0.5, 0.6) is 0 Å². The van der Waals surface area contributed by atoms with Crippen molar-refractivity contribution < 1.29 is 14.0 Å². The number of fused-ring (bicyclic) bond motifs is 1. The highest BCUT2D eigenvalue weighted by Gasteiger charge is 2.12. The lowest BCUT2D eigenvalue weighted by molar-refractivity contribution is -0.121. The van der Waals surface area contributed by atoms with E-state index in [1.807, 2.05) is 48.5 Å². The zero-order valence-corrected chi connectivity index (χ0v) is 19.1. The third-order valence-corrected chi connectivity index (χ3v) is 5.24. The number of nitrogens with zero attached hydrogens (tertiary/aromatic N) is 1. The number of nitrogens with one attached hydrogen (secondary N) is 3. The minimum atomic E-state index is -0.442. The average Bonchev–Trinajstić information content (AvgIpc) is 3.48. The molecule has 2 amide bonds. The second kappa shape index (κ2) is 10.6. The maximum absolute atomic E-state index is 12.9. The van der Waals surface area contributed by atoms with Gasteiger partial charge in [-0.05, 0) is 54.1 Å². The molecular formula is C25H21BrN4O3. The molecule has 0 unspecified atom stereocenters. The van der Waals surface area contributed by atoms with Crippen molar-refractivity contribution in [2.45, 2.75) is 6.42 Å². The minimum Gasteiger partial charge on any atom is -0.465 e. The molecule has 0 atom stereocenters. The average molecular weight is 505 g/mol. The van der Waals surface area contributed by atoms with Gasteiger partial charge in [0.15, 0.2) is 0 Å². The van der Waals surface area contributed by atoms with E-state index in [4.69, 9.17) is 4.42 Å². The van der Waals surface area contributed by atoms with Crippen LogP contribution in [-0.4, -0.2) is 28.3 Å². The van der Waals surface area contributed by atoms with Crippen molar-refractivity contribution >= 4 is 50.9 Å². The first-order chi connectivity index (χ1) is 16.1. The molecule has 0 saturated heterocycles. The standard InChI is InChI=1S/C25H21BrN4O3/c26-18-9-7-17(8-10-18)16-22(30-24(31)12-11-19-4-3-15-33-19)25(32)27-14-13-23-28-20-5-1-2-6-21(20)29-23/h1-12,15-16H,13-14H2,(H,27,32)(H,28,29)(H,30,31)/b12-11+,22-16-. The Morgan fingerprint density at radius 3 is 2.64 bits per heavy atom. The molecule has 2 heterocycles. The summed E-state index contributed by atoms with van der Waals surface area (Å²) in [4.78, 5) is 33.0. The maximum atomic E-state index is 12.9. The van der Waals surface area contributed by atoms with Crippen LogP contribution in [-0.2, 0) is 16.0 Å². The normalized spacial score (nSPS) is 11.7. The molecule has 0 bridgehead atoms. The van der Waals surface area contributed by atoms with E-state index in [0.29, 0.717) is 18.7 Å². The van der Waals surface area contributed by atoms with Crippen molar-refractivity contribution in [3.05, 3.63) is 100 Å². The first kappa shape index (κ1) is 22.3. The molecule has 0 radical (unpaired) electrons. The molecule has 2 aromatic heterocycles. The first-order valence-electron chi connectivity index (χ1n) is 10.3. The summed E-state index contributed by atoms with van der Waals surface area (Å²) in [5, 5.41) is 5.51. The smallest absolute Gasteiger partial charge is 0.267 e. The van der Waals surface area contributed by atoms with Gasteiger partial charge in [0.2, 0.25) is 5.91 Å². The summed E-state index contributed by atoms with van der Waals surface area (Å²) in [5.41, 5.74) is 2.74. The molecule has 0 spiro atoms. The van der Waals surface area contributed by atoms with Gasteiger partial charge in [0.1, 0.15) is 17.3 Å². The molecule has 2 aromatic carbocycles. The predicted molar refractivity (Wildman–Crippen MR) is 131 cm³/mol. The Bertz CT molecular complexity index is 1270. The van der Waals surface area contributed by atoms with Crippen LogP contribution in [0, 0.1) is 0 Å². The van der Waals surface area contributed by atoms with Gasteiger partial charge in [-0.2, -0.15) is 0 Å². The predicted octanol–water partition coefficient (Wildman–Crippen LogP) is 4.45. The zero-order chi connectivity index (χ0) is 23.0. The molecule has 0 aliphatic carbocycles. The largest absolute Gasteiger partial charge is 0.465 e. The molecule has 33 heavy (non-hydrogen) atoms. The van der Waals surface area contributed by atoms with Crippen LogP contribution in [0.1, 0.15) is 17.1 Å². The molecule has 7 nitrogen and oxygen atoms in total. The molecular weight excluding hydrogens is 484 g/mol. The lowest BCUT2D eigenvalue weighted by Gasteiger charge is -2.10. The van der Waals surface area contributed by atoms with Gasteiger partial charge in [-0.1, -0.05) is 40.2 Å². The van der Waals surface area contributed by atoms with E-state index in [9.17, 15) is 9.59 Å². The number of hydrogen-bond acceptors (Lipinski definition) is 4. The quantitative estimate of drug-likeness (QED) is 0.308. The van der Waals surface area contributed by atoms with E-state index < -0.39 is 11.8 Å². The highest BCUT2D eigenvalue weighted by atomic mass is 79.9. The van der Waals surface area contributed by atoms with E-state index in [2.05, 4.69) is 36.5 Å². The van der Waals surface area contributed by atoms with Crippen LogP contribution in [0.25, 0.3) is 23.2 Å². The molecule has 0 saturated carbocycles. The van der Waals surface area contributed by atoms with Gasteiger partial charge in [-0.25, -0.2) is 4.98 Å². The number of carbonyl (C=O) groups is 2. The highest BCUT2D eigenvalue weighted by molar-refractivity contribution is 9.10. The number of hydrogen-bond donors (Lipinski definition) is 3. The summed E-state index contributed by atoms with van der Waals surface area (Å²) in [5.74, 6) is 0.482. The molecule has 0 aliphatic rings. The number of amides is 2. The number of furan rings is 1. The Labute approximate surface area is 198 Å². The van der Waals surface area contributed by atoms with Crippen LogP contribution in [0.2, 0.25) is 0 Å². The third-order valence-electron chi connectivity index (χ3n) is 4.71. The van der Waals surface area contributed by atoms with E-state index in [1.165, 1.54) is 18.4 Å². The molecule has 4 rings (SSSR count). The van der Waals surface area contributed by atoms with Gasteiger partial charge >= 0.3 is 0 Å². The van der Waals surface area contributed by atoms with Gasteiger partial charge in [0.25, 0.3) is 5.91 Å². The molecule has 166 valence electrons. The Hall–Kier alpha value is -3.91. The topological polar surface area (TPSA) is 100 Å². The fourth-order valence-electron chi connectivity index (χ4n) is 3.12. The SMILES string of the molecule is O=C(/C=C/c1ccco1)N/C(=C\c1ccc(Br)cc1)C(=O)NCCc1nc2ccccc2[nH]1. The minimum absolute atomic E-state index is 0.135. The second-order valence-electron chi connectivity index (χ2n) is 7.15. The second-order valence-corrected chi connectivity index (χ2v) is 8.07. The van der Waals surface area contributed by atoms with Crippen molar-refractivity contribution in [2.24, 2.45) is 0 Å². The Morgan fingerprint density at radius 1 is 1.06 bits per heavy atom. The summed E-state index contributed by atoms with van der Waals surface area (Å²) in [6.07, 6.45) is 6.52. The van der Waals surface area contributed by atoms with Gasteiger partial charge in [-0.15, -0.1) is 0 Å². The van der Waals surface area contributed by atoms with Crippen LogP contribution < -0.4 is 10.6 Å². The number of imidazole rings is 1. The van der Waals surface area contributed by atoms with E-state index in [1.54, 1.807) is 18.2 Å². The van der Waals surface area contributed by atoms with Gasteiger partial charge in [-0.3, -0.25) is 9.59 Å². The molecule has 0 fully saturated rings. The van der Waals surface area contributed by atoms with Crippen molar-refractivity contribution in [2.75, 3.05) is 6.54 Å². The van der Waals surface area contributed by atoms with E-state index in [0.717, 1.165) is 26.9 Å². The van der Waals surface area contributed by atoms with Gasteiger partial charge in [0.05, 0.1) is 17.3 Å². The summed E-state index contributed by atoms with van der Waals surface area (Å²) in [7, 11) is 0. The Kier molecular flexibility index (Phi) is 7.16. The number of carbonyl (C=O) groups excluding carboxylic acids is 2. The van der Waals surface area contributed by atoms with E-state index >= 15 is 0 Å². The first-order valence-corrected chi connectivity index (χ1v) is 11.1. The molecule has 8 heteroatoms. The Morgan fingerprint density at radius 2 is 1.88 bits per heavy atom. The number of halogens is 1. The summed E-state index contributed by atoms with van der Waals surface area (Å²) in [6.45, 7) is 0.356. The van der Waals surface area contributed by atoms with Crippen LogP contribution in [0.15, 0.2) is 87.6 Å². The summed E-state index contributed by atoms with van der Waals surface area (Å²) >= 11 is 3.39. The number of benzene rings is 2. The maximum Gasteiger partial charge on any atom is 0.267 e. The van der Waals surface area contributed by atoms with Gasteiger partial charge < -0.3 is 20.0 Å². The Balaban J connectivity index is 1.43.